The SMILES string of the molecule is CCN(CC1CCCN(CCc2cccc(OC)c2)C1)CC1CC(C)NN1. The zero-order valence-corrected chi connectivity index (χ0v) is 17.4. The van der Waals surface area contributed by atoms with Gasteiger partial charge in [0.25, 0.3) is 0 Å². The summed E-state index contributed by atoms with van der Waals surface area (Å²) in [7, 11) is 1.74. The highest BCUT2D eigenvalue weighted by atomic mass is 16.5. The third kappa shape index (κ3) is 6.46. The Kier molecular flexibility index (Phi) is 7.94. The van der Waals surface area contributed by atoms with Gasteiger partial charge in [-0.05, 0) is 69.3 Å². The number of hydrogen-bond acceptors (Lipinski definition) is 5. The van der Waals surface area contributed by atoms with Crippen LogP contribution in [-0.2, 0) is 6.42 Å². The molecule has 0 saturated carbocycles. The van der Waals surface area contributed by atoms with Crippen LogP contribution in [0.15, 0.2) is 24.3 Å². The smallest absolute Gasteiger partial charge is 0.119 e. The second kappa shape index (κ2) is 10.4. The molecule has 3 unspecified atom stereocenters. The Morgan fingerprint density at radius 2 is 2.15 bits per heavy atom. The van der Waals surface area contributed by atoms with Crippen LogP contribution < -0.4 is 15.6 Å². The Balaban J connectivity index is 1.43. The fourth-order valence-corrected chi connectivity index (χ4v) is 4.55. The van der Waals surface area contributed by atoms with Crippen molar-refractivity contribution in [1.82, 2.24) is 20.7 Å². The van der Waals surface area contributed by atoms with Crippen molar-refractivity contribution in [2.24, 2.45) is 5.92 Å². The maximum absolute atomic E-state index is 5.35. The van der Waals surface area contributed by atoms with Gasteiger partial charge >= 0.3 is 0 Å². The van der Waals surface area contributed by atoms with E-state index < -0.39 is 0 Å². The van der Waals surface area contributed by atoms with Crippen LogP contribution in [0.5, 0.6) is 5.75 Å². The average molecular weight is 375 g/mol. The Hall–Kier alpha value is -1.14. The highest BCUT2D eigenvalue weighted by Gasteiger charge is 2.25. The van der Waals surface area contributed by atoms with Crippen molar-refractivity contribution < 1.29 is 4.74 Å². The van der Waals surface area contributed by atoms with Gasteiger partial charge in [-0.3, -0.25) is 10.9 Å². The molecule has 2 aliphatic rings. The minimum absolute atomic E-state index is 0.590. The first-order valence-electron chi connectivity index (χ1n) is 10.7. The number of benzene rings is 1. The molecule has 3 atom stereocenters. The van der Waals surface area contributed by atoms with Gasteiger partial charge < -0.3 is 14.5 Å². The third-order valence-corrected chi connectivity index (χ3v) is 6.07. The van der Waals surface area contributed by atoms with Crippen LogP contribution in [0.2, 0.25) is 0 Å². The predicted molar refractivity (Wildman–Crippen MR) is 112 cm³/mol. The minimum atomic E-state index is 0.590. The van der Waals surface area contributed by atoms with E-state index >= 15 is 0 Å². The summed E-state index contributed by atoms with van der Waals surface area (Å²) in [5.74, 6) is 1.77. The van der Waals surface area contributed by atoms with Crippen LogP contribution in [0.4, 0.5) is 0 Å². The summed E-state index contributed by atoms with van der Waals surface area (Å²) in [6.07, 6.45) is 5.05. The fraction of sp³-hybridized carbons (Fsp3) is 0.727. The van der Waals surface area contributed by atoms with Gasteiger partial charge in [0.2, 0.25) is 0 Å². The van der Waals surface area contributed by atoms with Gasteiger partial charge in [-0.25, -0.2) is 0 Å². The maximum Gasteiger partial charge on any atom is 0.119 e. The zero-order chi connectivity index (χ0) is 19.1. The van der Waals surface area contributed by atoms with Gasteiger partial charge in [-0.1, -0.05) is 19.1 Å². The Labute approximate surface area is 165 Å². The van der Waals surface area contributed by atoms with Crippen molar-refractivity contribution in [2.45, 2.75) is 51.6 Å². The number of methoxy groups -OCH3 is 1. The van der Waals surface area contributed by atoms with Gasteiger partial charge in [0.1, 0.15) is 5.75 Å². The molecule has 0 spiro atoms. The van der Waals surface area contributed by atoms with E-state index in [0.29, 0.717) is 12.1 Å². The number of likely N-dealkylation sites (tertiary alicyclic amines) is 1. The predicted octanol–water partition coefficient (Wildman–Crippen LogP) is 2.53. The zero-order valence-electron chi connectivity index (χ0n) is 17.4. The van der Waals surface area contributed by atoms with Gasteiger partial charge in [0.15, 0.2) is 0 Å². The number of hydrazine groups is 1. The molecule has 3 rings (SSSR count). The largest absolute Gasteiger partial charge is 0.497 e. The Bertz CT molecular complexity index is 567. The summed E-state index contributed by atoms with van der Waals surface area (Å²) in [6.45, 7) is 11.7. The molecule has 1 aromatic rings. The van der Waals surface area contributed by atoms with E-state index in [4.69, 9.17) is 4.74 Å². The lowest BCUT2D eigenvalue weighted by Crippen LogP contribution is -2.45. The molecule has 0 bridgehead atoms. The van der Waals surface area contributed by atoms with Gasteiger partial charge in [-0.2, -0.15) is 0 Å². The lowest BCUT2D eigenvalue weighted by atomic mass is 9.96. The van der Waals surface area contributed by atoms with E-state index in [9.17, 15) is 0 Å². The second-order valence-electron chi connectivity index (χ2n) is 8.38. The van der Waals surface area contributed by atoms with Crippen molar-refractivity contribution in [2.75, 3.05) is 46.4 Å². The molecule has 1 aromatic carbocycles. The molecule has 2 heterocycles. The first-order chi connectivity index (χ1) is 13.2. The summed E-state index contributed by atoms with van der Waals surface area (Å²) < 4.78 is 5.35. The van der Waals surface area contributed by atoms with Crippen LogP contribution in [0.25, 0.3) is 0 Å². The van der Waals surface area contributed by atoms with E-state index in [1.165, 1.54) is 44.5 Å². The third-order valence-electron chi connectivity index (χ3n) is 6.07. The van der Waals surface area contributed by atoms with Crippen LogP contribution in [0.3, 0.4) is 0 Å². The van der Waals surface area contributed by atoms with Crippen molar-refractivity contribution in [3.8, 4) is 5.75 Å². The molecule has 2 aliphatic heterocycles. The highest BCUT2D eigenvalue weighted by Crippen LogP contribution is 2.20. The molecular weight excluding hydrogens is 336 g/mol. The second-order valence-corrected chi connectivity index (χ2v) is 8.38. The van der Waals surface area contributed by atoms with Gasteiger partial charge in [0, 0.05) is 38.3 Å². The Morgan fingerprint density at radius 3 is 2.89 bits per heavy atom. The van der Waals surface area contributed by atoms with E-state index in [1.54, 1.807) is 7.11 Å². The molecule has 2 fully saturated rings. The molecular formula is C22H38N4O. The number of likely N-dealkylation sites (N-methyl/N-ethyl adjacent to an activating group) is 1. The van der Waals surface area contributed by atoms with E-state index in [1.807, 2.05) is 6.07 Å². The number of rotatable bonds is 9. The van der Waals surface area contributed by atoms with E-state index in [2.05, 4.69) is 52.7 Å². The van der Waals surface area contributed by atoms with Gasteiger partial charge in [-0.15, -0.1) is 0 Å². The maximum atomic E-state index is 5.35. The van der Waals surface area contributed by atoms with Crippen LogP contribution >= 0.6 is 0 Å². The number of nitrogens with zero attached hydrogens (tertiary/aromatic N) is 2. The number of ether oxygens (including phenoxy) is 1. The first-order valence-corrected chi connectivity index (χ1v) is 10.7. The Morgan fingerprint density at radius 1 is 1.26 bits per heavy atom. The molecule has 5 heteroatoms. The lowest BCUT2D eigenvalue weighted by molar-refractivity contribution is 0.131. The molecule has 152 valence electrons. The number of nitrogens with one attached hydrogen (secondary N) is 2. The van der Waals surface area contributed by atoms with Crippen molar-refractivity contribution >= 4 is 0 Å². The summed E-state index contributed by atoms with van der Waals surface area (Å²) in [5, 5.41) is 0. The monoisotopic (exact) mass is 374 g/mol. The van der Waals surface area contributed by atoms with Crippen molar-refractivity contribution in [1.29, 1.82) is 0 Å². The summed E-state index contributed by atoms with van der Waals surface area (Å²) in [5.41, 5.74) is 8.18. The van der Waals surface area contributed by atoms with Crippen LogP contribution in [0.1, 0.15) is 38.7 Å². The molecule has 0 amide bonds. The quantitative estimate of drug-likeness (QED) is 0.695. The molecule has 0 radical (unpaired) electrons. The molecule has 0 aliphatic carbocycles. The standard InChI is InChI=1S/C22H38N4O/c1-4-25(17-21-13-18(2)23-24-21)15-20-8-6-11-26(16-20)12-10-19-7-5-9-22(14-19)27-3/h5,7,9,14,18,20-21,23-24H,4,6,8,10-13,15-17H2,1-3H3. The summed E-state index contributed by atoms with van der Waals surface area (Å²) in [4.78, 5) is 5.31. The van der Waals surface area contributed by atoms with Crippen LogP contribution in [-0.4, -0.2) is 68.3 Å². The molecule has 5 nitrogen and oxygen atoms in total. The van der Waals surface area contributed by atoms with Gasteiger partial charge in [0.05, 0.1) is 7.11 Å². The minimum Gasteiger partial charge on any atom is -0.497 e. The lowest BCUT2D eigenvalue weighted by Gasteiger charge is -2.36. The van der Waals surface area contributed by atoms with E-state index in [0.717, 1.165) is 37.7 Å². The molecule has 2 N–H and O–H groups in total. The van der Waals surface area contributed by atoms with E-state index in [-0.39, 0.29) is 0 Å². The topological polar surface area (TPSA) is 39.8 Å². The normalized spacial score (nSPS) is 26.6. The summed E-state index contributed by atoms with van der Waals surface area (Å²) in [6, 6.07) is 9.69. The van der Waals surface area contributed by atoms with Crippen LogP contribution in [0, 0.1) is 5.92 Å². The average Bonchev–Trinajstić information content (AvgIpc) is 3.11. The molecule has 0 aromatic heterocycles. The summed E-state index contributed by atoms with van der Waals surface area (Å²) >= 11 is 0. The van der Waals surface area contributed by atoms with Crippen molar-refractivity contribution in [3.05, 3.63) is 29.8 Å². The molecule has 2 saturated heterocycles. The highest BCUT2D eigenvalue weighted by molar-refractivity contribution is 5.28. The number of piperidine rings is 1. The fourth-order valence-electron chi connectivity index (χ4n) is 4.55. The first kappa shape index (κ1) is 20.6. The molecule has 27 heavy (non-hydrogen) atoms. The van der Waals surface area contributed by atoms with Crippen molar-refractivity contribution in [3.63, 3.8) is 0 Å². The number of hydrogen-bond donors (Lipinski definition) is 2.